The summed E-state index contributed by atoms with van der Waals surface area (Å²) in [5.41, 5.74) is 0. The Kier molecular flexibility index (Phi) is 2.11. The quantitative estimate of drug-likeness (QED) is 0.479. The maximum atomic E-state index is 9.52. The van der Waals surface area contributed by atoms with E-state index in [1.165, 1.54) is 7.11 Å². The summed E-state index contributed by atoms with van der Waals surface area (Å²) in [4.78, 5) is 4.04. The summed E-state index contributed by atoms with van der Waals surface area (Å²) in [6, 6.07) is -0.120. The van der Waals surface area contributed by atoms with Crippen molar-refractivity contribution in [2.75, 3.05) is 7.11 Å². The minimum Gasteiger partial charge on any atom is -0.363 e. The maximum Gasteiger partial charge on any atom is 0.193 e. The summed E-state index contributed by atoms with van der Waals surface area (Å²) < 4.78 is 4.88. The van der Waals surface area contributed by atoms with Crippen molar-refractivity contribution < 1.29 is 9.84 Å². The molecular formula is C8H13NO2. The average molecular weight is 155 g/mol. The minimum atomic E-state index is -1.03. The fourth-order valence-electron chi connectivity index (χ4n) is 1.19. The highest BCUT2D eigenvalue weighted by Gasteiger charge is 2.62. The third-order valence-corrected chi connectivity index (χ3v) is 2.12. The number of hydrogen-bond acceptors (Lipinski definition) is 3. The molecule has 0 aromatic rings. The molecule has 0 aliphatic heterocycles. The topological polar surface area (TPSA) is 41.8 Å². The molecule has 3 heteroatoms. The van der Waals surface area contributed by atoms with Crippen LogP contribution in [-0.2, 0) is 4.74 Å². The fourth-order valence-corrected chi connectivity index (χ4v) is 1.19. The molecule has 1 rings (SSSR count). The van der Waals surface area contributed by atoms with E-state index in [1.807, 2.05) is 6.92 Å². The predicted molar refractivity (Wildman–Crippen MR) is 43.6 cm³/mol. The predicted octanol–water partition coefficient (Wildman–Crippen LogP) is 0.597. The van der Waals surface area contributed by atoms with Gasteiger partial charge in [0, 0.05) is 19.2 Å². The van der Waals surface area contributed by atoms with E-state index in [1.54, 1.807) is 12.3 Å². The molecule has 0 amide bonds. The lowest BCUT2D eigenvalue weighted by atomic mass is 10.5. The molecule has 0 heterocycles. The minimum absolute atomic E-state index is 0.0868. The Morgan fingerprint density at radius 1 is 1.73 bits per heavy atom. The van der Waals surface area contributed by atoms with E-state index in [0.717, 1.165) is 0 Å². The molecule has 1 N–H and O–H groups in total. The molecule has 3 nitrogen and oxygen atoms in total. The lowest BCUT2D eigenvalue weighted by Gasteiger charge is -2.04. The van der Waals surface area contributed by atoms with Gasteiger partial charge in [-0.25, -0.2) is 0 Å². The highest BCUT2D eigenvalue weighted by molar-refractivity contribution is 5.70. The van der Waals surface area contributed by atoms with Crippen LogP contribution in [0.15, 0.2) is 17.6 Å². The molecule has 0 spiro atoms. The van der Waals surface area contributed by atoms with E-state index in [9.17, 15) is 5.11 Å². The zero-order valence-corrected chi connectivity index (χ0v) is 6.82. The normalized spacial score (nSPS) is 42.8. The maximum absolute atomic E-state index is 9.52. The molecule has 3 unspecified atom stereocenters. The van der Waals surface area contributed by atoms with Crippen LogP contribution in [0.3, 0.4) is 0 Å². The summed E-state index contributed by atoms with van der Waals surface area (Å²) >= 11 is 0. The molecule has 0 aromatic carbocycles. The van der Waals surface area contributed by atoms with Crippen molar-refractivity contribution in [2.24, 2.45) is 10.9 Å². The van der Waals surface area contributed by atoms with Gasteiger partial charge in [-0.05, 0) is 0 Å². The Morgan fingerprint density at radius 2 is 2.36 bits per heavy atom. The SMILES string of the molecule is C=CC=NC1C(C)C1(O)OC. The van der Waals surface area contributed by atoms with Gasteiger partial charge < -0.3 is 9.84 Å². The zero-order chi connectivity index (χ0) is 8.48. The van der Waals surface area contributed by atoms with Crippen LogP contribution in [0.5, 0.6) is 0 Å². The van der Waals surface area contributed by atoms with E-state index in [4.69, 9.17) is 4.74 Å². The van der Waals surface area contributed by atoms with Gasteiger partial charge in [-0.15, -0.1) is 0 Å². The number of allylic oxidation sites excluding steroid dienone is 1. The molecule has 1 fully saturated rings. The summed E-state index contributed by atoms with van der Waals surface area (Å²) in [6.45, 7) is 5.38. The van der Waals surface area contributed by atoms with Crippen molar-refractivity contribution in [1.29, 1.82) is 0 Å². The number of methoxy groups -OCH3 is 1. The van der Waals surface area contributed by atoms with E-state index >= 15 is 0 Å². The van der Waals surface area contributed by atoms with Crippen molar-refractivity contribution in [3.05, 3.63) is 12.7 Å². The van der Waals surface area contributed by atoms with Crippen LogP contribution in [0.4, 0.5) is 0 Å². The molecule has 62 valence electrons. The van der Waals surface area contributed by atoms with Crippen LogP contribution in [0.25, 0.3) is 0 Å². The zero-order valence-electron chi connectivity index (χ0n) is 6.82. The number of ether oxygens (including phenoxy) is 1. The van der Waals surface area contributed by atoms with Gasteiger partial charge in [-0.1, -0.05) is 19.6 Å². The lowest BCUT2D eigenvalue weighted by molar-refractivity contribution is -0.115. The third kappa shape index (κ3) is 1.21. The number of nitrogens with zero attached hydrogens (tertiary/aromatic N) is 1. The standard InChI is InChI=1S/C8H13NO2/c1-4-5-9-7-6(2)8(7,10)11-3/h4-7,10H,1H2,2-3H3. The van der Waals surface area contributed by atoms with Crippen molar-refractivity contribution in [2.45, 2.75) is 18.8 Å². The fraction of sp³-hybridized carbons (Fsp3) is 0.625. The molecule has 0 aromatic heterocycles. The second-order valence-corrected chi connectivity index (χ2v) is 2.72. The third-order valence-electron chi connectivity index (χ3n) is 2.12. The Hall–Kier alpha value is -0.670. The smallest absolute Gasteiger partial charge is 0.193 e. The summed E-state index contributed by atoms with van der Waals surface area (Å²) in [5, 5.41) is 9.52. The molecular weight excluding hydrogens is 142 g/mol. The summed E-state index contributed by atoms with van der Waals surface area (Å²) in [7, 11) is 1.49. The number of aliphatic imine (C=N–C) groups is 1. The largest absolute Gasteiger partial charge is 0.363 e. The van der Waals surface area contributed by atoms with Gasteiger partial charge in [0.25, 0.3) is 0 Å². The Morgan fingerprint density at radius 3 is 2.73 bits per heavy atom. The van der Waals surface area contributed by atoms with Crippen LogP contribution in [0, 0.1) is 5.92 Å². The highest BCUT2D eigenvalue weighted by atomic mass is 16.6. The first-order valence-corrected chi connectivity index (χ1v) is 3.58. The van der Waals surface area contributed by atoms with Crippen LogP contribution in [0.2, 0.25) is 0 Å². The van der Waals surface area contributed by atoms with E-state index in [0.29, 0.717) is 0 Å². The molecule has 0 bridgehead atoms. The highest BCUT2D eigenvalue weighted by Crippen LogP contribution is 2.46. The van der Waals surface area contributed by atoms with Crippen LogP contribution < -0.4 is 0 Å². The molecule has 0 saturated heterocycles. The van der Waals surface area contributed by atoms with Crippen LogP contribution in [0.1, 0.15) is 6.92 Å². The summed E-state index contributed by atoms with van der Waals surface area (Å²) in [6.07, 6.45) is 3.17. The monoisotopic (exact) mass is 155 g/mol. The van der Waals surface area contributed by atoms with Gasteiger partial charge in [0.2, 0.25) is 0 Å². The van der Waals surface area contributed by atoms with Crippen molar-refractivity contribution in [3.8, 4) is 0 Å². The molecule has 0 radical (unpaired) electrons. The first kappa shape index (κ1) is 8.43. The molecule has 1 aliphatic rings. The Labute approximate surface area is 66.4 Å². The summed E-state index contributed by atoms with van der Waals surface area (Å²) in [5.74, 6) is -0.942. The lowest BCUT2D eigenvalue weighted by Crippen LogP contribution is -2.16. The van der Waals surface area contributed by atoms with Gasteiger partial charge in [0.1, 0.15) is 6.04 Å². The van der Waals surface area contributed by atoms with Crippen molar-refractivity contribution in [1.82, 2.24) is 0 Å². The van der Waals surface area contributed by atoms with Gasteiger partial charge in [0.15, 0.2) is 5.79 Å². The molecule has 3 atom stereocenters. The second kappa shape index (κ2) is 2.75. The van der Waals surface area contributed by atoms with Gasteiger partial charge in [0.05, 0.1) is 0 Å². The van der Waals surface area contributed by atoms with E-state index < -0.39 is 5.79 Å². The number of rotatable bonds is 3. The first-order valence-electron chi connectivity index (χ1n) is 3.58. The van der Waals surface area contributed by atoms with Gasteiger partial charge >= 0.3 is 0 Å². The van der Waals surface area contributed by atoms with Crippen LogP contribution >= 0.6 is 0 Å². The number of aliphatic hydroxyl groups is 1. The number of hydrogen-bond donors (Lipinski definition) is 1. The van der Waals surface area contributed by atoms with E-state index in [2.05, 4.69) is 11.6 Å². The van der Waals surface area contributed by atoms with Gasteiger partial charge in [-0.3, -0.25) is 4.99 Å². The first-order chi connectivity index (χ1) is 5.16. The second-order valence-electron chi connectivity index (χ2n) is 2.72. The van der Waals surface area contributed by atoms with Gasteiger partial charge in [-0.2, -0.15) is 0 Å². The molecule has 1 saturated carbocycles. The Balaban J connectivity index is 2.53. The van der Waals surface area contributed by atoms with Crippen LogP contribution in [-0.4, -0.2) is 30.3 Å². The van der Waals surface area contributed by atoms with Crippen molar-refractivity contribution in [3.63, 3.8) is 0 Å². The van der Waals surface area contributed by atoms with Crippen molar-refractivity contribution >= 4 is 6.21 Å². The molecule has 1 aliphatic carbocycles. The Bertz CT molecular complexity index is 191. The van der Waals surface area contributed by atoms with E-state index in [-0.39, 0.29) is 12.0 Å². The average Bonchev–Trinajstić information content (AvgIpc) is 2.53. The molecule has 11 heavy (non-hydrogen) atoms.